The van der Waals surface area contributed by atoms with E-state index in [-0.39, 0.29) is 18.4 Å². The monoisotopic (exact) mass is 429 g/mol. The van der Waals surface area contributed by atoms with Crippen LogP contribution in [-0.4, -0.2) is 42.2 Å². The SMILES string of the molecule is CCC1=C(C(=O)OC)C(c2cccc(OC)c2)N2C(CC(=O)NC(C)C)=CSC2=N1. The van der Waals surface area contributed by atoms with Crippen LogP contribution in [0.3, 0.4) is 0 Å². The molecule has 0 aliphatic carbocycles. The lowest BCUT2D eigenvalue weighted by Crippen LogP contribution is -2.38. The molecule has 0 saturated carbocycles. The Bertz CT molecular complexity index is 936. The van der Waals surface area contributed by atoms with Gasteiger partial charge in [-0.15, -0.1) is 0 Å². The Balaban J connectivity index is 2.09. The van der Waals surface area contributed by atoms with Gasteiger partial charge < -0.3 is 19.7 Å². The second-order valence-electron chi connectivity index (χ2n) is 7.28. The van der Waals surface area contributed by atoms with Gasteiger partial charge in [0.1, 0.15) is 5.75 Å². The van der Waals surface area contributed by atoms with Crippen molar-refractivity contribution in [3.63, 3.8) is 0 Å². The number of benzene rings is 1. The maximum Gasteiger partial charge on any atom is 0.338 e. The van der Waals surface area contributed by atoms with Crippen molar-refractivity contribution in [2.24, 2.45) is 4.99 Å². The molecule has 0 saturated heterocycles. The fraction of sp³-hybridized carbons (Fsp3) is 0.409. The van der Waals surface area contributed by atoms with Gasteiger partial charge in [-0.2, -0.15) is 0 Å². The molecule has 8 heteroatoms. The average molecular weight is 430 g/mol. The maximum atomic E-state index is 12.8. The summed E-state index contributed by atoms with van der Waals surface area (Å²) >= 11 is 1.46. The summed E-state index contributed by atoms with van der Waals surface area (Å²) in [5.74, 6) is 0.187. The van der Waals surface area contributed by atoms with Crippen molar-refractivity contribution in [2.75, 3.05) is 14.2 Å². The lowest BCUT2D eigenvalue weighted by atomic mass is 9.92. The van der Waals surface area contributed by atoms with Crippen LogP contribution < -0.4 is 10.1 Å². The van der Waals surface area contributed by atoms with E-state index < -0.39 is 12.0 Å². The van der Waals surface area contributed by atoms with E-state index >= 15 is 0 Å². The zero-order valence-corrected chi connectivity index (χ0v) is 18.7. The number of fused-ring (bicyclic) bond motifs is 1. The highest BCUT2D eigenvalue weighted by Crippen LogP contribution is 2.45. The molecule has 2 heterocycles. The minimum Gasteiger partial charge on any atom is -0.497 e. The molecule has 1 aromatic carbocycles. The summed E-state index contributed by atoms with van der Waals surface area (Å²) in [4.78, 5) is 32.0. The first-order valence-corrected chi connectivity index (χ1v) is 10.8. The van der Waals surface area contributed by atoms with Gasteiger partial charge in [-0.3, -0.25) is 4.79 Å². The lowest BCUT2D eigenvalue weighted by Gasteiger charge is -2.36. The Morgan fingerprint density at radius 1 is 1.30 bits per heavy atom. The first-order chi connectivity index (χ1) is 14.4. The van der Waals surface area contributed by atoms with E-state index in [0.29, 0.717) is 23.4 Å². The van der Waals surface area contributed by atoms with Crippen molar-refractivity contribution >= 4 is 28.8 Å². The molecule has 160 valence electrons. The minimum absolute atomic E-state index is 0.0491. The topological polar surface area (TPSA) is 80.2 Å². The Hall–Kier alpha value is -2.74. The highest BCUT2D eigenvalue weighted by molar-refractivity contribution is 8.16. The summed E-state index contributed by atoms with van der Waals surface area (Å²) in [6.07, 6.45) is 0.784. The maximum absolute atomic E-state index is 12.8. The van der Waals surface area contributed by atoms with Crippen molar-refractivity contribution in [3.8, 4) is 5.75 Å². The van der Waals surface area contributed by atoms with Gasteiger partial charge in [0.25, 0.3) is 0 Å². The van der Waals surface area contributed by atoms with Gasteiger partial charge in [-0.25, -0.2) is 9.79 Å². The van der Waals surface area contributed by atoms with Gasteiger partial charge in [0.2, 0.25) is 5.91 Å². The highest BCUT2D eigenvalue weighted by Gasteiger charge is 2.41. The fourth-order valence-corrected chi connectivity index (χ4v) is 4.51. The number of carbonyl (C=O) groups excluding carboxylic acids is 2. The number of carbonyl (C=O) groups is 2. The highest BCUT2D eigenvalue weighted by atomic mass is 32.2. The van der Waals surface area contributed by atoms with Crippen molar-refractivity contribution in [3.05, 3.63) is 52.2 Å². The van der Waals surface area contributed by atoms with Crippen molar-refractivity contribution < 1.29 is 19.1 Å². The summed E-state index contributed by atoms with van der Waals surface area (Å²) in [7, 11) is 2.98. The Kier molecular flexibility index (Phi) is 6.87. The first kappa shape index (κ1) is 22.0. The molecule has 1 unspecified atom stereocenters. The van der Waals surface area contributed by atoms with Crippen LogP contribution >= 0.6 is 11.8 Å². The Morgan fingerprint density at radius 3 is 2.70 bits per heavy atom. The number of nitrogens with zero attached hydrogens (tertiary/aromatic N) is 2. The van der Waals surface area contributed by atoms with Crippen LogP contribution in [0.25, 0.3) is 0 Å². The van der Waals surface area contributed by atoms with Crippen LogP contribution in [0.5, 0.6) is 5.75 Å². The van der Waals surface area contributed by atoms with E-state index in [2.05, 4.69) is 5.32 Å². The molecule has 0 aromatic heterocycles. The van der Waals surface area contributed by atoms with Crippen molar-refractivity contribution in [2.45, 2.75) is 45.7 Å². The number of aliphatic imine (C=N–C) groups is 1. The summed E-state index contributed by atoms with van der Waals surface area (Å²) in [6.45, 7) is 5.81. The smallest absolute Gasteiger partial charge is 0.338 e. The molecule has 30 heavy (non-hydrogen) atoms. The van der Waals surface area contributed by atoms with Crippen LogP contribution in [0.1, 0.15) is 45.2 Å². The first-order valence-electron chi connectivity index (χ1n) is 9.87. The summed E-state index contributed by atoms with van der Waals surface area (Å²) in [5, 5.41) is 5.60. The summed E-state index contributed by atoms with van der Waals surface area (Å²) in [5.41, 5.74) is 2.83. The van der Waals surface area contributed by atoms with Gasteiger partial charge >= 0.3 is 5.97 Å². The van der Waals surface area contributed by atoms with Crippen LogP contribution in [0.2, 0.25) is 0 Å². The van der Waals surface area contributed by atoms with Crippen LogP contribution in [0, 0.1) is 0 Å². The van der Waals surface area contributed by atoms with Crippen LogP contribution in [0.15, 0.2) is 51.6 Å². The minimum atomic E-state index is -0.455. The van der Waals surface area contributed by atoms with E-state index in [4.69, 9.17) is 14.5 Å². The fourth-order valence-electron chi connectivity index (χ4n) is 3.58. The van der Waals surface area contributed by atoms with Gasteiger partial charge in [-0.05, 0) is 43.4 Å². The van der Waals surface area contributed by atoms with Crippen molar-refractivity contribution in [1.82, 2.24) is 10.2 Å². The number of methoxy groups -OCH3 is 2. The van der Waals surface area contributed by atoms with E-state index in [0.717, 1.165) is 16.4 Å². The Morgan fingerprint density at radius 2 is 2.07 bits per heavy atom. The number of amides is 1. The number of hydrogen-bond donors (Lipinski definition) is 1. The molecule has 3 rings (SSSR count). The standard InChI is InChI=1S/C22H27N3O4S/c1-6-17-19(21(27)29-5)20(14-8-7-9-16(10-14)28-4)25-15(12-30-22(25)24-17)11-18(26)23-13(2)3/h7-10,12-13,20H,6,11H2,1-5H3,(H,23,26). The quantitative estimate of drug-likeness (QED) is 0.665. The average Bonchev–Trinajstić information content (AvgIpc) is 3.13. The van der Waals surface area contributed by atoms with Gasteiger partial charge in [-0.1, -0.05) is 30.8 Å². The Labute approximate surface area is 181 Å². The number of hydrogen-bond acceptors (Lipinski definition) is 7. The van der Waals surface area contributed by atoms with E-state index in [9.17, 15) is 9.59 Å². The molecular formula is C22H27N3O4S. The normalized spacial score (nSPS) is 18.1. The van der Waals surface area contributed by atoms with Crippen LogP contribution in [0.4, 0.5) is 0 Å². The second-order valence-corrected chi connectivity index (χ2v) is 8.11. The van der Waals surface area contributed by atoms with Gasteiger partial charge in [0.05, 0.1) is 38.0 Å². The number of nitrogens with one attached hydrogen (secondary N) is 1. The summed E-state index contributed by atoms with van der Waals surface area (Å²) in [6, 6.07) is 7.18. The zero-order chi connectivity index (χ0) is 21.8. The van der Waals surface area contributed by atoms with Gasteiger partial charge in [0, 0.05) is 11.7 Å². The number of ether oxygens (including phenoxy) is 2. The van der Waals surface area contributed by atoms with E-state index in [1.54, 1.807) is 7.11 Å². The predicted molar refractivity (Wildman–Crippen MR) is 118 cm³/mol. The van der Waals surface area contributed by atoms with E-state index in [1.165, 1.54) is 18.9 Å². The molecule has 7 nitrogen and oxygen atoms in total. The number of thioether (sulfide) groups is 1. The molecule has 0 spiro atoms. The largest absolute Gasteiger partial charge is 0.497 e. The molecule has 2 aliphatic rings. The molecule has 0 radical (unpaired) electrons. The third-order valence-corrected chi connectivity index (χ3v) is 5.72. The molecule has 1 atom stereocenters. The number of rotatable bonds is 7. The van der Waals surface area contributed by atoms with Gasteiger partial charge in [0.15, 0.2) is 5.17 Å². The molecule has 1 N–H and O–H groups in total. The summed E-state index contributed by atoms with van der Waals surface area (Å²) < 4.78 is 10.5. The second kappa shape index (κ2) is 9.38. The van der Waals surface area contributed by atoms with Crippen molar-refractivity contribution in [1.29, 1.82) is 0 Å². The predicted octanol–water partition coefficient (Wildman–Crippen LogP) is 3.75. The molecule has 0 fully saturated rings. The number of esters is 1. The van der Waals surface area contributed by atoms with E-state index in [1.807, 2.05) is 55.3 Å². The third kappa shape index (κ3) is 4.38. The third-order valence-electron chi connectivity index (χ3n) is 4.83. The molecule has 2 aliphatic heterocycles. The number of amidine groups is 1. The molecule has 1 amide bonds. The number of allylic oxidation sites excluding steroid dienone is 1. The van der Waals surface area contributed by atoms with Crippen LogP contribution in [-0.2, 0) is 14.3 Å². The zero-order valence-electron chi connectivity index (χ0n) is 17.9. The lowest BCUT2D eigenvalue weighted by molar-refractivity contribution is -0.136. The molecular weight excluding hydrogens is 402 g/mol. The molecule has 0 bridgehead atoms. The molecule has 1 aromatic rings.